The van der Waals surface area contributed by atoms with Crippen LogP contribution >= 0.6 is 0 Å². The Bertz CT molecular complexity index is 609. The standard InChI is InChI=1S/C15H21NO4S/c1-11-3-5-13(6-4-11)10-21(19,20)16-8-12(2)7-14(9-16)15(17)18/h3-6,12,14H,7-10H2,1-2H3,(H,17,18). The van der Waals surface area contributed by atoms with Crippen molar-refractivity contribution in [2.24, 2.45) is 11.8 Å². The monoisotopic (exact) mass is 311 g/mol. The van der Waals surface area contributed by atoms with E-state index in [1.165, 1.54) is 4.31 Å². The first-order chi connectivity index (χ1) is 9.78. The summed E-state index contributed by atoms with van der Waals surface area (Å²) in [4.78, 5) is 11.1. The Hall–Kier alpha value is -1.40. The summed E-state index contributed by atoms with van der Waals surface area (Å²) in [6.07, 6.45) is 0.534. The van der Waals surface area contributed by atoms with E-state index in [4.69, 9.17) is 5.11 Å². The Morgan fingerprint density at radius 2 is 1.90 bits per heavy atom. The predicted molar refractivity (Wildman–Crippen MR) is 80.3 cm³/mol. The molecular formula is C15H21NO4S. The lowest BCUT2D eigenvalue weighted by atomic mass is 9.92. The van der Waals surface area contributed by atoms with Gasteiger partial charge in [0.1, 0.15) is 0 Å². The van der Waals surface area contributed by atoms with Gasteiger partial charge >= 0.3 is 5.97 Å². The average Bonchev–Trinajstić information content (AvgIpc) is 2.40. The lowest BCUT2D eigenvalue weighted by Gasteiger charge is -2.33. The van der Waals surface area contributed by atoms with Crippen molar-refractivity contribution in [3.63, 3.8) is 0 Å². The third kappa shape index (κ3) is 4.04. The van der Waals surface area contributed by atoms with Crippen molar-refractivity contribution >= 4 is 16.0 Å². The fourth-order valence-corrected chi connectivity index (χ4v) is 4.38. The first kappa shape index (κ1) is 16.0. The third-order valence-corrected chi connectivity index (χ3v) is 5.62. The molecule has 1 aromatic rings. The summed E-state index contributed by atoms with van der Waals surface area (Å²) in [6.45, 7) is 4.32. The van der Waals surface area contributed by atoms with E-state index in [1.54, 1.807) is 12.1 Å². The molecule has 2 atom stereocenters. The van der Waals surface area contributed by atoms with Crippen LogP contribution in [-0.4, -0.2) is 36.9 Å². The maximum atomic E-state index is 12.5. The molecule has 1 aromatic carbocycles. The zero-order valence-corrected chi connectivity index (χ0v) is 13.1. The molecule has 1 saturated heterocycles. The maximum absolute atomic E-state index is 12.5. The number of benzene rings is 1. The van der Waals surface area contributed by atoms with Crippen LogP contribution in [0.2, 0.25) is 0 Å². The number of hydrogen-bond donors (Lipinski definition) is 1. The Labute approximate surface area is 125 Å². The van der Waals surface area contributed by atoms with Gasteiger partial charge in [0.15, 0.2) is 0 Å². The van der Waals surface area contributed by atoms with E-state index in [1.807, 2.05) is 26.0 Å². The highest BCUT2D eigenvalue weighted by Crippen LogP contribution is 2.25. The molecule has 0 bridgehead atoms. The number of carbonyl (C=O) groups is 1. The SMILES string of the molecule is Cc1ccc(CS(=O)(=O)N2CC(C)CC(C(=O)O)C2)cc1. The van der Waals surface area contributed by atoms with Crippen LogP contribution in [0.4, 0.5) is 0 Å². The van der Waals surface area contributed by atoms with Gasteiger partial charge in [-0.3, -0.25) is 4.79 Å². The number of aryl methyl sites for hydroxylation is 1. The molecule has 6 heteroatoms. The number of aliphatic carboxylic acids is 1. The largest absolute Gasteiger partial charge is 0.481 e. The van der Waals surface area contributed by atoms with Gasteiger partial charge < -0.3 is 5.11 Å². The topological polar surface area (TPSA) is 74.7 Å². The second-order valence-electron chi connectivity index (χ2n) is 5.93. The van der Waals surface area contributed by atoms with E-state index in [9.17, 15) is 13.2 Å². The molecule has 1 N–H and O–H groups in total. The molecule has 5 nitrogen and oxygen atoms in total. The molecule has 0 aliphatic carbocycles. The maximum Gasteiger partial charge on any atom is 0.307 e. The summed E-state index contributed by atoms with van der Waals surface area (Å²) in [5.74, 6) is -1.54. The first-order valence-corrected chi connectivity index (χ1v) is 8.65. The van der Waals surface area contributed by atoms with Crippen molar-refractivity contribution in [2.45, 2.75) is 26.0 Å². The number of carboxylic acids is 1. The van der Waals surface area contributed by atoms with Gasteiger partial charge in [0, 0.05) is 13.1 Å². The molecule has 0 aromatic heterocycles. The van der Waals surface area contributed by atoms with E-state index in [0.29, 0.717) is 13.0 Å². The summed E-state index contributed by atoms with van der Waals surface area (Å²) in [7, 11) is -3.48. The van der Waals surface area contributed by atoms with E-state index in [-0.39, 0.29) is 18.2 Å². The minimum Gasteiger partial charge on any atom is -0.481 e. The van der Waals surface area contributed by atoms with Crippen LogP contribution in [0.3, 0.4) is 0 Å². The van der Waals surface area contributed by atoms with Crippen LogP contribution < -0.4 is 0 Å². The van der Waals surface area contributed by atoms with Crippen LogP contribution in [0, 0.1) is 18.8 Å². The van der Waals surface area contributed by atoms with Crippen molar-refractivity contribution in [3.05, 3.63) is 35.4 Å². The van der Waals surface area contributed by atoms with Crippen LogP contribution in [0.25, 0.3) is 0 Å². The van der Waals surface area contributed by atoms with E-state index >= 15 is 0 Å². The molecule has 1 aliphatic heterocycles. The molecule has 0 spiro atoms. The van der Waals surface area contributed by atoms with E-state index < -0.39 is 21.9 Å². The van der Waals surface area contributed by atoms with Crippen LogP contribution in [0.5, 0.6) is 0 Å². The molecule has 2 rings (SSSR count). The molecular weight excluding hydrogens is 290 g/mol. The second kappa shape index (κ2) is 6.15. The summed E-state index contributed by atoms with van der Waals surface area (Å²) in [5.41, 5.74) is 1.80. The molecule has 0 radical (unpaired) electrons. The number of piperidine rings is 1. The van der Waals surface area contributed by atoms with Crippen LogP contribution in [-0.2, 0) is 20.6 Å². The highest BCUT2D eigenvalue weighted by molar-refractivity contribution is 7.88. The Kier molecular flexibility index (Phi) is 4.68. The first-order valence-electron chi connectivity index (χ1n) is 7.04. The molecule has 1 fully saturated rings. The van der Waals surface area contributed by atoms with Crippen LogP contribution in [0.15, 0.2) is 24.3 Å². The summed E-state index contributed by atoms with van der Waals surface area (Å²) in [6, 6.07) is 7.36. The third-order valence-electron chi connectivity index (χ3n) is 3.84. The zero-order chi connectivity index (χ0) is 15.6. The van der Waals surface area contributed by atoms with Crippen molar-refractivity contribution in [1.29, 1.82) is 0 Å². The lowest BCUT2D eigenvalue weighted by Crippen LogP contribution is -2.45. The minimum atomic E-state index is -3.48. The van der Waals surface area contributed by atoms with Gasteiger partial charge in [-0.05, 0) is 24.8 Å². The highest BCUT2D eigenvalue weighted by atomic mass is 32.2. The predicted octanol–water partition coefficient (Wildman–Crippen LogP) is 1.87. The highest BCUT2D eigenvalue weighted by Gasteiger charge is 2.35. The molecule has 0 amide bonds. The molecule has 116 valence electrons. The fraction of sp³-hybridized carbons (Fsp3) is 0.533. The van der Waals surface area contributed by atoms with Crippen molar-refractivity contribution in [3.8, 4) is 0 Å². The zero-order valence-electron chi connectivity index (χ0n) is 12.3. The van der Waals surface area contributed by atoms with E-state index in [2.05, 4.69) is 0 Å². The molecule has 1 heterocycles. The normalized spacial score (nSPS) is 23.9. The Morgan fingerprint density at radius 1 is 1.29 bits per heavy atom. The van der Waals surface area contributed by atoms with Gasteiger partial charge in [-0.25, -0.2) is 12.7 Å². The molecule has 1 aliphatic rings. The lowest BCUT2D eigenvalue weighted by molar-refractivity contribution is -0.143. The fourth-order valence-electron chi connectivity index (χ4n) is 2.69. The van der Waals surface area contributed by atoms with E-state index in [0.717, 1.165) is 11.1 Å². The van der Waals surface area contributed by atoms with Gasteiger partial charge in [0.05, 0.1) is 11.7 Å². The van der Waals surface area contributed by atoms with Crippen molar-refractivity contribution in [1.82, 2.24) is 4.31 Å². The van der Waals surface area contributed by atoms with Crippen molar-refractivity contribution < 1.29 is 18.3 Å². The summed E-state index contributed by atoms with van der Waals surface area (Å²) >= 11 is 0. The quantitative estimate of drug-likeness (QED) is 0.921. The van der Waals surface area contributed by atoms with Crippen molar-refractivity contribution in [2.75, 3.05) is 13.1 Å². The smallest absolute Gasteiger partial charge is 0.307 e. The number of sulfonamides is 1. The van der Waals surface area contributed by atoms with Gasteiger partial charge in [-0.1, -0.05) is 36.8 Å². The Morgan fingerprint density at radius 3 is 2.48 bits per heavy atom. The van der Waals surface area contributed by atoms with Crippen LogP contribution in [0.1, 0.15) is 24.5 Å². The number of carboxylic acid groups (broad SMARTS) is 1. The Balaban J connectivity index is 2.14. The summed E-state index contributed by atoms with van der Waals surface area (Å²) in [5, 5.41) is 9.14. The van der Waals surface area contributed by atoms with Gasteiger partial charge in [0.25, 0.3) is 0 Å². The second-order valence-corrected chi connectivity index (χ2v) is 7.90. The van der Waals surface area contributed by atoms with Gasteiger partial charge in [-0.15, -0.1) is 0 Å². The average molecular weight is 311 g/mol. The molecule has 0 saturated carbocycles. The molecule has 2 unspecified atom stereocenters. The summed E-state index contributed by atoms with van der Waals surface area (Å²) < 4.78 is 26.3. The number of rotatable bonds is 4. The number of nitrogens with zero attached hydrogens (tertiary/aromatic N) is 1. The van der Waals surface area contributed by atoms with Gasteiger partial charge in [0.2, 0.25) is 10.0 Å². The molecule has 21 heavy (non-hydrogen) atoms. The minimum absolute atomic E-state index is 0.0626. The van der Waals surface area contributed by atoms with Gasteiger partial charge in [-0.2, -0.15) is 0 Å². The number of hydrogen-bond acceptors (Lipinski definition) is 3.